The van der Waals surface area contributed by atoms with Gasteiger partial charge in [-0.1, -0.05) is 23.7 Å². The van der Waals surface area contributed by atoms with Crippen LogP contribution in [0.25, 0.3) is 10.9 Å². The second kappa shape index (κ2) is 6.45. The number of fused-ring (bicyclic) bond motifs is 1. The molecule has 2 aromatic carbocycles. The minimum absolute atomic E-state index is 0.125. The Balaban J connectivity index is 1.84. The first-order chi connectivity index (χ1) is 11.7. The van der Waals surface area contributed by atoms with Crippen molar-refractivity contribution in [3.63, 3.8) is 0 Å². The monoisotopic (exact) mass is 359 g/mol. The summed E-state index contributed by atoms with van der Waals surface area (Å²) in [6.45, 7) is 0. The van der Waals surface area contributed by atoms with Gasteiger partial charge in [0.2, 0.25) is 0 Å². The van der Waals surface area contributed by atoms with Crippen molar-refractivity contribution >= 4 is 34.3 Å². The van der Waals surface area contributed by atoms with E-state index in [1.165, 1.54) is 24.0 Å². The standard InChI is InChI=1S/C20H19ClFNS/c1-24-11-17-18(22)9-8-15-16(10-23-20(15)17)19(12-2-3-12)13-4-6-14(21)7-5-13/h4-10,12,19,23H,2-3,11H2,1H3. The number of halogens is 2. The summed E-state index contributed by atoms with van der Waals surface area (Å²) in [6.07, 6.45) is 6.58. The van der Waals surface area contributed by atoms with Crippen LogP contribution in [0.2, 0.25) is 5.02 Å². The molecule has 1 aliphatic carbocycles. The van der Waals surface area contributed by atoms with Gasteiger partial charge in [-0.25, -0.2) is 4.39 Å². The molecule has 4 rings (SSSR count). The van der Waals surface area contributed by atoms with Crippen LogP contribution in [0.3, 0.4) is 0 Å². The Kier molecular flexibility index (Phi) is 4.31. The summed E-state index contributed by atoms with van der Waals surface area (Å²) in [7, 11) is 0. The van der Waals surface area contributed by atoms with Gasteiger partial charge in [-0.3, -0.25) is 0 Å². The van der Waals surface area contributed by atoms with E-state index >= 15 is 0 Å². The van der Waals surface area contributed by atoms with Crippen molar-refractivity contribution in [2.75, 3.05) is 6.26 Å². The van der Waals surface area contributed by atoms with Gasteiger partial charge < -0.3 is 4.98 Å². The van der Waals surface area contributed by atoms with Crippen LogP contribution in [-0.4, -0.2) is 11.2 Å². The van der Waals surface area contributed by atoms with E-state index in [1.54, 1.807) is 17.8 Å². The lowest BCUT2D eigenvalue weighted by Gasteiger charge is -2.17. The molecular weight excluding hydrogens is 341 g/mol. The zero-order chi connectivity index (χ0) is 16.7. The van der Waals surface area contributed by atoms with Crippen LogP contribution in [0.5, 0.6) is 0 Å². The number of benzene rings is 2. The third-order valence-corrected chi connectivity index (χ3v) is 5.71. The minimum atomic E-state index is -0.125. The van der Waals surface area contributed by atoms with Gasteiger partial charge in [0.1, 0.15) is 5.82 Å². The minimum Gasteiger partial charge on any atom is -0.361 e. The zero-order valence-electron chi connectivity index (χ0n) is 13.5. The second-order valence-electron chi connectivity index (χ2n) is 6.49. The van der Waals surface area contributed by atoms with Crippen LogP contribution in [-0.2, 0) is 5.75 Å². The molecule has 124 valence electrons. The third kappa shape index (κ3) is 2.84. The summed E-state index contributed by atoms with van der Waals surface area (Å²) < 4.78 is 14.2. The molecule has 1 aliphatic rings. The van der Waals surface area contributed by atoms with E-state index in [1.807, 2.05) is 24.5 Å². The van der Waals surface area contributed by atoms with E-state index < -0.39 is 0 Å². The smallest absolute Gasteiger partial charge is 0.129 e. The van der Waals surface area contributed by atoms with E-state index in [0.717, 1.165) is 21.5 Å². The average molecular weight is 360 g/mol. The molecule has 0 radical (unpaired) electrons. The molecule has 1 saturated carbocycles. The lowest BCUT2D eigenvalue weighted by Crippen LogP contribution is -2.03. The van der Waals surface area contributed by atoms with Crippen molar-refractivity contribution in [3.05, 3.63) is 70.1 Å². The van der Waals surface area contributed by atoms with Gasteiger partial charge in [0.25, 0.3) is 0 Å². The Morgan fingerprint density at radius 2 is 1.96 bits per heavy atom. The normalized spacial score (nSPS) is 15.8. The molecule has 0 spiro atoms. The zero-order valence-corrected chi connectivity index (χ0v) is 15.1. The molecule has 0 bridgehead atoms. The lowest BCUT2D eigenvalue weighted by atomic mass is 9.87. The van der Waals surface area contributed by atoms with Crippen LogP contribution in [0.15, 0.2) is 42.6 Å². The Bertz CT molecular complexity index is 867. The Hall–Kier alpha value is -1.45. The summed E-state index contributed by atoms with van der Waals surface area (Å²) in [5, 5.41) is 1.91. The van der Waals surface area contributed by atoms with Crippen LogP contribution < -0.4 is 0 Å². The van der Waals surface area contributed by atoms with Gasteiger partial charge in [-0.15, -0.1) is 0 Å². The number of hydrogen-bond donors (Lipinski definition) is 1. The number of H-pyrrole nitrogens is 1. The molecule has 1 unspecified atom stereocenters. The van der Waals surface area contributed by atoms with Crippen molar-refractivity contribution in [2.45, 2.75) is 24.5 Å². The number of hydrogen-bond acceptors (Lipinski definition) is 1. The van der Waals surface area contributed by atoms with Crippen molar-refractivity contribution in [1.82, 2.24) is 4.98 Å². The van der Waals surface area contributed by atoms with Crippen molar-refractivity contribution < 1.29 is 4.39 Å². The fourth-order valence-electron chi connectivity index (χ4n) is 3.60. The highest BCUT2D eigenvalue weighted by molar-refractivity contribution is 7.97. The molecule has 1 aromatic heterocycles. The summed E-state index contributed by atoms with van der Waals surface area (Å²) in [5.74, 6) is 1.57. The van der Waals surface area contributed by atoms with Crippen molar-refractivity contribution in [3.8, 4) is 0 Å². The predicted molar refractivity (Wildman–Crippen MR) is 101 cm³/mol. The number of aromatic nitrogens is 1. The first-order valence-electron chi connectivity index (χ1n) is 8.22. The first-order valence-corrected chi connectivity index (χ1v) is 9.99. The summed E-state index contributed by atoms with van der Waals surface area (Å²) >= 11 is 7.70. The van der Waals surface area contributed by atoms with Gasteiger partial charge in [0.15, 0.2) is 0 Å². The SMILES string of the molecule is CSCc1c(F)ccc2c(C(c3ccc(Cl)cc3)C3CC3)c[nH]c12. The third-order valence-electron chi connectivity index (χ3n) is 4.89. The molecule has 1 N–H and O–H groups in total. The molecule has 1 nitrogen and oxygen atoms in total. The molecule has 1 heterocycles. The maximum absolute atomic E-state index is 14.2. The van der Waals surface area contributed by atoms with Gasteiger partial charge in [-0.05, 0) is 60.4 Å². The molecule has 3 aromatic rings. The van der Waals surface area contributed by atoms with Crippen LogP contribution >= 0.6 is 23.4 Å². The highest BCUT2D eigenvalue weighted by Gasteiger charge is 2.35. The van der Waals surface area contributed by atoms with E-state index in [-0.39, 0.29) is 5.82 Å². The van der Waals surface area contributed by atoms with Crippen LogP contribution in [0.4, 0.5) is 4.39 Å². The van der Waals surface area contributed by atoms with Crippen molar-refractivity contribution in [2.24, 2.45) is 5.92 Å². The molecule has 0 amide bonds. The number of rotatable bonds is 5. The Labute approximate surface area is 150 Å². The van der Waals surface area contributed by atoms with E-state index in [9.17, 15) is 4.39 Å². The van der Waals surface area contributed by atoms with Gasteiger partial charge in [0.05, 0.1) is 5.52 Å². The van der Waals surface area contributed by atoms with E-state index in [0.29, 0.717) is 17.6 Å². The highest BCUT2D eigenvalue weighted by Crippen LogP contribution is 2.48. The fraction of sp³-hybridized carbons (Fsp3) is 0.300. The predicted octanol–water partition coefficient (Wildman–Crippen LogP) is 6.37. The number of aromatic amines is 1. The fourth-order valence-corrected chi connectivity index (χ4v) is 4.30. The number of thioether (sulfide) groups is 1. The molecule has 0 saturated heterocycles. The largest absolute Gasteiger partial charge is 0.361 e. The molecule has 0 aliphatic heterocycles. The van der Waals surface area contributed by atoms with Gasteiger partial charge in [0, 0.05) is 33.8 Å². The maximum Gasteiger partial charge on any atom is 0.129 e. The van der Waals surface area contributed by atoms with Crippen LogP contribution in [0, 0.1) is 11.7 Å². The Morgan fingerprint density at radius 1 is 1.21 bits per heavy atom. The summed E-state index contributed by atoms with van der Waals surface area (Å²) in [4.78, 5) is 3.35. The quantitative estimate of drug-likeness (QED) is 0.560. The molecule has 4 heteroatoms. The Morgan fingerprint density at radius 3 is 2.62 bits per heavy atom. The molecule has 24 heavy (non-hydrogen) atoms. The molecule has 1 atom stereocenters. The van der Waals surface area contributed by atoms with E-state index in [4.69, 9.17) is 11.6 Å². The topological polar surface area (TPSA) is 15.8 Å². The van der Waals surface area contributed by atoms with Gasteiger partial charge >= 0.3 is 0 Å². The van der Waals surface area contributed by atoms with Crippen molar-refractivity contribution in [1.29, 1.82) is 0 Å². The van der Waals surface area contributed by atoms with Crippen LogP contribution in [0.1, 0.15) is 35.4 Å². The molecular formula is C20H19ClFNS. The maximum atomic E-state index is 14.2. The number of nitrogens with one attached hydrogen (secondary N) is 1. The lowest BCUT2D eigenvalue weighted by molar-refractivity contribution is 0.619. The van der Waals surface area contributed by atoms with E-state index in [2.05, 4.69) is 23.3 Å². The van der Waals surface area contributed by atoms with Gasteiger partial charge in [-0.2, -0.15) is 11.8 Å². The second-order valence-corrected chi connectivity index (χ2v) is 7.79. The average Bonchev–Trinajstić information content (AvgIpc) is 3.32. The molecule has 1 fully saturated rings. The highest BCUT2D eigenvalue weighted by atomic mass is 35.5. The summed E-state index contributed by atoms with van der Waals surface area (Å²) in [5.41, 5.74) is 4.28. The summed E-state index contributed by atoms with van der Waals surface area (Å²) in [6, 6.07) is 11.7. The first kappa shape index (κ1) is 16.0.